The van der Waals surface area contributed by atoms with Crippen molar-refractivity contribution in [2.24, 2.45) is 15.4 Å². The summed E-state index contributed by atoms with van der Waals surface area (Å²) in [7, 11) is -3.77. The third-order valence-electron chi connectivity index (χ3n) is 2.98. The smallest absolute Gasteiger partial charge is 0.247 e. The normalized spacial score (nSPS) is 11.6. The Morgan fingerprint density at radius 3 is 2.38 bits per heavy atom. The van der Waals surface area contributed by atoms with E-state index >= 15 is 0 Å². The second-order valence-electron chi connectivity index (χ2n) is 4.81. The minimum atomic E-state index is -3.77. The molecule has 0 unspecified atom stereocenters. The summed E-state index contributed by atoms with van der Waals surface area (Å²) in [6.45, 7) is -0.186. The summed E-state index contributed by atoms with van der Waals surface area (Å²) < 4.78 is 35.6. The molecule has 2 aromatic carbocycles. The van der Waals surface area contributed by atoms with Gasteiger partial charge in [-0.25, -0.2) is 17.9 Å². The highest BCUT2D eigenvalue weighted by Crippen LogP contribution is 2.12. The maximum atomic E-state index is 13.3. The van der Waals surface area contributed by atoms with Crippen LogP contribution >= 0.6 is 0 Å². The zero-order chi connectivity index (χ0) is 17.6. The van der Waals surface area contributed by atoms with Crippen molar-refractivity contribution in [2.45, 2.75) is 11.4 Å². The van der Waals surface area contributed by atoms with Crippen molar-refractivity contribution in [3.63, 3.8) is 0 Å². The number of benzene rings is 2. The van der Waals surface area contributed by atoms with Crippen LogP contribution in [0.5, 0.6) is 0 Å². The molecule has 0 bridgehead atoms. The molecule has 0 spiro atoms. The molecule has 0 atom stereocenters. The van der Waals surface area contributed by atoms with Gasteiger partial charge < -0.3 is 5.32 Å². The van der Waals surface area contributed by atoms with Gasteiger partial charge in [-0.2, -0.15) is 10.2 Å². The van der Waals surface area contributed by atoms with E-state index < -0.39 is 15.9 Å². The third-order valence-corrected chi connectivity index (χ3v) is 3.91. The molecule has 0 fully saturated rings. The first-order chi connectivity index (χ1) is 11.4. The van der Waals surface area contributed by atoms with Crippen molar-refractivity contribution in [2.75, 3.05) is 11.9 Å². The molecule has 0 saturated carbocycles. The molecular weight excluding hydrogens is 335 g/mol. The lowest BCUT2D eigenvalue weighted by Gasteiger charge is -2.04. The standard InChI is InChI=1S/C15H15FN4O3S/c16-14-4-2-1-3-11(14)9-18-19-10-15(21)20-12-5-7-13(8-6-12)24(17,22)23/h1-8H,9-10H2,(H,20,21)(H2,17,22,23). The Kier molecular flexibility index (Phi) is 5.72. The summed E-state index contributed by atoms with van der Waals surface area (Å²) in [6, 6.07) is 11.6. The van der Waals surface area contributed by atoms with Gasteiger partial charge >= 0.3 is 0 Å². The summed E-state index contributed by atoms with van der Waals surface area (Å²) in [5, 5.41) is 15.0. The summed E-state index contributed by atoms with van der Waals surface area (Å²) in [5.41, 5.74) is 0.789. The van der Waals surface area contributed by atoms with Crippen molar-refractivity contribution in [1.29, 1.82) is 0 Å². The largest absolute Gasteiger partial charge is 0.324 e. The Bertz CT molecular complexity index is 851. The number of carbonyl (C=O) groups excluding carboxylic acids is 1. The Hall–Kier alpha value is -2.65. The molecule has 1 amide bonds. The van der Waals surface area contributed by atoms with Gasteiger partial charge in [0.1, 0.15) is 12.4 Å². The average molecular weight is 350 g/mol. The predicted octanol–water partition coefficient (Wildman–Crippen LogP) is 2.06. The number of hydrogen-bond donors (Lipinski definition) is 2. The molecule has 9 heteroatoms. The van der Waals surface area contributed by atoms with Gasteiger partial charge in [-0.3, -0.25) is 4.79 Å². The van der Waals surface area contributed by atoms with Gasteiger partial charge in [0.25, 0.3) is 0 Å². The molecule has 0 aromatic heterocycles. The van der Waals surface area contributed by atoms with Crippen molar-refractivity contribution in [3.05, 3.63) is 59.9 Å². The number of azo groups is 1. The lowest BCUT2D eigenvalue weighted by atomic mass is 10.2. The molecule has 2 rings (SSSR count). The quantitative estimate of drug-likeness (QED) is 0.777. The van der Waals surface area contributed by atoms with E-state index in [1.807, 2.05) is 0 Å². The Labute approximate surface area is 138 Å². The number of rotatable bonds is 6. The first kappa shape index (κ1) is 17.7. The summed E-state index contributed by atoms with van der Waals surface area (Å²) >= 11 is 0. The van der Waals surface area contributed by atoms with Crippen LogP contribution < -0.4 is 10.5 Å². The van der Waals surface area contributed by atoms with E-state index in [2.05, 4.69) is 15.5 Å². The van der Waals surface area contributed by atoms with Crippen LogP contribution in [0.2, 0.25) is 0 Å². The molecule has 0 aliphatic rings. The monoisotopic (exact) mass is 350 g/mol. The van der Waals surface area contributed by atoms with E-state index in [-0.39, 0.29) is 23.8 Å². The van der Waals surface area contributed by atoms with Crippen molar-refractivity contribution >= 4 is 21.6 Å². The molecule has 2 aromatic rings. The van der Waals surface area contributed by atoms with Gasteiger partial charge in [0, 0.05) is 11.3 Å². The van der Waals surface area contributed by atoms with E-state index in [4.69, 9.17) is 5.14 Å². The lowest BCUT2D eigenvalue weighted by Crippen LogP contribution is -2.15. The number of halogens is 1. The highest BCUT2D eigenvalue weighted by Gasteiger charge is 2.07. The molecule has 3 N–H and O–H groups in total. The number of amides is 1. The van der Waals surface area contributed by atoms with E-state index in [9.17, 15) is 17.6 Å². The first-order valence-electron chi connectivity index (χ1n) is 6.85. The van der Waals surface area contributed by atoms with Crippen LogP contribution in [0.3, 0.4) is 0 Å². The van der Waals surface area contributed by atoms with Gasteiger partial charge in [0.2, 0.25) is 15.9 Å². The SMILES string of the molecule is NS(=O)(=O)c1ccc(NC(=O)CN=NCc2ccccc2F)cc1. The van der Waals surface area contributed by atoms with E-state index in [0.29, 0.717) is 11.3 Å². The van der Waals surface area contributed by atoms with Gasteiger partial charge in [0.15, 0.2) is 0 Å². The number of anilines is 1. The minimum absolute atomic E-state index is 0.0447. The van der Waals surface area contributed by atoms with Crippen molar-refractivity contribution in [3.8, 4) is 0 Å². The topological polar surface area (TPSA) is 114 Å². The molecular formula is C15H15FN4O3S. The maximum absolute atomic E-state index is 13.3. The first-order valence-corrected chi connectivity index (χ1v) is 8.40. The van der Waals surface area contributed by atoms with E-state index in [1.165, 1.54) is 30.3 Å². The average Bonchev–Trinajstić information content (AvgIpc) is 2.53. The number of nitrogens with one attached hydrogen (secondary N) is 1. The van der Waals surface area contributed by atoms with Crippen molar-refractivity contribution < 1.29 is 17.6 Å². The minimum Gasteiger partial charge on any atom is -0.324 e. The summed E-state index contributed by atoms with van der Waals surface area (Å²) in [5.74, 6) is -0.813. The van der Waals surface area contributed by atoms with Crippen LogP contribution in [0.15, 0.2) is 63.7 Å². The number of hydrogen-bond acceptors (Lipinski definition) is 5. The zero-order valence-electron chi connectivity index (χ0n) is 12.5. The van der Waals surface area contributed by atoms with Crippen LogP contribution in [0.4, 0.5) is 10.1 Å². The van der Waals surface area contributed by atoms with E-state index in [1.54, 1.807) is 18.2 Å². The van der Waals surface area contributed by atoms with Gasteiger partial charge in [-0.1, -0.05) is 18.2 Å². The molecule has 0 saturated heterocycles. The fourth-order valence-corrected chi connectivity index (χ4v) is 2.31. The molecule has 0 radical (unpaired) electrons. The van der Waals surface area contributed by atoms with Crippen molar-refractivity contribution in [1.82, 2.24) is 0 Å². The molecule has 0 heterocycles. The fraction of sp³-hybridized carbons (Fsp3) is 0.133. The molecule has 7 nitrogen and oxygen atoms in total. The zero-order valence-corrected chi connectivity index (χ0v) is 13.3. The van der Waals surface area contributed by atoms with Crippen LogP contribution in [-0.4, -0.2) is 20.9 Å². The van der Waals surface area contributed by atoms with Gasteiger partial charge in [0.05, 0.1) is 11.4 Å². The second-order valence-corrected chi connectivity index (χ2v) is 6.37. The number of carbonyl (C=O) groups is 1. The second kappa shape index (κ2) is 7.75. The van der Waals surface area contributed by atoms with Crippen LogP contribution in [0.1, 0.15) is 5.56 Å². The number of primary sulfonamides is 1. The Balaban J connectivity index is 1.85. The highest BCUT2D eigenvalue weighted by atomic mass is 32.2. The maximum Gasteiger partial charge on any atom is 0.247 e. The Morgan fingerprint density at radius 2 is 1.75 bits per heavy atom. The van der Waals surface area contributed by atoms with Gasteiger partial charge in [-0.15, -0.1) is 0 Å². The third kappa shape index (κ3) is 5.21. The molecule has 0 aliphatic heterocycles. The van der Waals surface area contributed by atoms with Crippen LogP contribution in [-0.2, 0) is 21.4 Å². The van der Waals surface area contributed by atoms with E-state index in [0.717, 1.165) is 0 Å². The number of nitrogens with zero attached hydrogens (tertiary/aromatic N) is 2. The van der Waals surface area contributed by atoms with Crippen LogP contribution in [0, 0.1) is 5.82 Å². The summed E-state index contributed by atoms with van der Waals surface area (Å²) in [6.07, 6.45) is 0. The number of sulfonamides is 1. The van der Waals surface area contributed by atoms with Crippen LogP contribution in [0.25, 0.3) is 0 Å². The summed E-state index contributed by atoms with van der Waals surface area (Å²) in [4.78, 5) is 11.6. The Morgan fingerprint density at radius 1 is 1.08 bits per heavy atom. The number of nitrogens with two attached hydrogens (primary N) is 1. The molecule has 126 valence electrons. The van der Waals surface area contributed by atoms with Gasteiger partial charge in [-0.05, 0) is 30.3 Å². The highest BCUT2D eigenvalue weighted by molar-refractivity contribution is 7.89. The predicted molar refractivity (Wildman–Crippen MR) is 86.3 cm³/mol. The fourth-order valence-electron chi connectivity index (χ4n) is 1.80. The molecule has 0 aliphatic carbocycles. The lowest BCUT2D eigenvalue weighted by molar-refractivity contribution is -0.114. The molecule has 24 heavy (non-hydrogen) atoms.